The van der Waals surface area contributed by atoms with Crippen molar-refractivity contribution in [1.82, 2.24) is 9.97 Å². The number of hydrogen-bond acceptors (Lipinski definition) is 5. The first-order valence-corrected chi connectivity index (χ1v) is 9.24. The molecule has 0 saturated heterocycles. The summed E-state index contributed by atoms with van der Waals surface area (Å²) in [4.78, 5) is 22.8. The van der Waals surface area contributed by atoms with Crippen LogP contribution in [0.2, 0.25) is 0 Å². The van der Waals surface area contributed by atoms with Crippen molar-refractivity contribution in [1.29, 1.82) is 0 Å². The molecule has 0 unspecified atom stereocenters. The number of hydrogen-bond donors (Lipinski definition) is 0. The third-order valence-corrected chi connectivity index (χ3v) is 5.75. The maximum Gasteiger partial charge on any atom is 0.248 e. The normalized spacial score (nSPS) is 23.9. The second-order valence-corrected chi connectivity index (χ2v) is 8.27. The summed E-state index contributed by atoms with van der Waals surface area (Å²) in [5.41, 5.74) is 0.375. The summed E-state index contributed by atoms with van der Waals surface area (Å²) in [6.45, 7) is 0. The van der Waals surface area contributed by atoms with Crippen molar-refractivity contribution in [3.63, 3.8) is 0 Å². The van der Waals surface area contributed by atoms with E-state index in [4.69, 9.17) is 0 Å². The molecule has 7 heteroatoms. The molecule has 2 heterocycles. The Bertz CT molecular complexity index is 734. The molecule has 3 aliphatic rings. The Morgan fingerprint density at radius 1 is 1.29 bits per heavy atom. The van der Waals surface area contributed by atoms with Crippen LogP contribution >= 0.6 is 0 Å². The molecule has 1 aromatic rings. The van der Waals surface area contributed by atoms with Gasteiger partial charge in [-0.25, -0.2) is 18.4 Å². The Balaban J connectivity index is 1.87. The third-order valence-electron chi connectivity index (χ3n) is 4.89. The zero-order chi connectivity index (χ0) is 14.8. The Kier molecular flexibility index (Phi) is 2.53. The second kappa shape index (κ2) is 4.03. The van der Waals surface area contributed by atoms with Crippen LogP contribution < -0.4 is 4.90 Å². The van der Waals surface area contributed by atoms with Crippen LogP contribution in [0.4, 0.5) is 5.82 Å². The Labute approximate surface area is 123 Å². The van der Waals surface area contributed by atoms with Crippen molar-refractivity contribution in [2.75, 3.05) is 11.2 Å². The van der Waals surface area contributed by atoms with Crippen LogP contribution in [0.15, 0.2) is 11.4 Å². The molecule has 0 N–H and O–H groups in total. The van der Waals surface area contributed by atoms with Gasteiger partial charge in [-0.05, 0) is 25.7 Å². The van der Waals surface area contributed by atoms with E-state index in [1.54, 1.807) is 11.1 Å². The van der Waals surface area contributed by atoms with Crippen molar-refractivity contribution in [2.45, 2.75) is 55.1 Å². The Morgan fingerprint density at radius 3 is 2.52 bits per heavy atom. The number of sulfone groups is 1. The van der Waals surface area contributed by atoms with E-state index in [2.05, 4.69) is 9.97 Å². The van der Waals surface area contributed by atoms with E-state index in [1.807, 2.05) is 0 Å². The summed E-state index contributed by atoms with van der Waals surface area (Å²) in [6, 6.07) is 0.165. The van der Waals surface area contributed by atoms with Crippen molar-refractivity contribution in [2.24, 2.45) is 0 Å². The van der Waals surface area contributed by atoms with Crippen LogP contribution in [-0.2, 0) is 20.0 Å². The molecule has 0 atom stereocenters. The lowest BCUT2D eigenvalue weighted by atomic mass is 10.0. The van der Waals surface area contributed by atoms with Crippen LogP contribution in [0.1, 0.15) is 44.1 Å². The Hall–Kier alpha value is -1.50. The van der Waals surface area contributed by atoms with Gasteiger partial charge >= 0.3 is 0 Å². The molecule has 21 heavy (non-hydrogen) atoms. The van der Waals surface area contributed by atoms with Crippen molar-refractivity contribution < 1.29 is 13.2 Å². The van der Waals surface area contributed by atoms with E-state index in [0.29, 0.717) is 5.82 Å². The number of nitrogens with zero attached hydrogens (tertiary/aromatic N) is 3. The summed E-state index contributed by atoms with van der Waals surface area (Å²) >= 11 is 0. The standard InChI is InChI=1S/C14H17N3O3S/c1-21(19,20)13-15-8-10-11(16-13)17(9-4-2-3-5-9)12(18)14(10)6-7-14/h8-9H,2-7H2,1H3. The number of aromatic nitrogens is 2. The minimum absolute atomic E-state index is 0.101. The van der Waals surface area contributed by atoms with Gasteiger partial charge in [0, 0.05) is 24.1 Å². The first kappa shape index (κ1) is 13.2. The monoisotopic (exact) mass is 307 g/mol. The van der Waals surface area contributed by atoms with Crippen molar-refractivity contribution >= 4 is 21.6 Å². The fourth-order valence-corrected chi connectivity index (χ4v) is 4.10. The lowest BCUT2D eigenvalue weighted by Crippen LogP contribution is -2.39. The number of carbonyl (C=O) groups is 1. The van der Waals surface area contributed by atoms with E-state index < -0.39 is 15.3 Å². The van der Waals surface area contributed by atoms with Crippen LogP contribution in [0.3, 0.4) is 0 Å². The van der Waals surface area contributed by atoms with Gasteiger partial charge in [-0.15, -0.1) is 0 Å². The van der Waals surface area contributed by atoms with E-state index in [9.17, 15) is 13.2 Å². The minimum atomic E-state index is -3.47. The van der Waals surface area contributed by atoms with Crippen LogP contribution in [-0.4, -0.2) is 36.6 Å². The van der Waals surface area contributed by atoms with Crippen molar-refractivity contribution in [3.05, 3.63) is 11.8 Å². The highest BCUT2D eigenvalue weighted by Gasteiger charge is 2.61. The van der Waals surface area contributed by atoms with Gasteiger partial charge in [0.05, 0.1) is 5.41 Å². The van der Waals surface area contributed by atoms with Gasteiger partial charge in [0.25, 0.3) is 0 Å². The SMILES string of the molecule is CS(=O)(=O)c1ncc2c(n1)N(C1CCCC1)C(=O)C21CC1. The highest BCUT2D eigenvalue weighted by atomic mass is 32.2. The molecule has 1 spiro atoms. The summed E-state index contributed by atoms with van der Waals surface area (Å²) in [5.74, 6) is 0.643. The van der Waals surface area contributed by atoms with E-state index in [1.165, 1.54) is 0 Å². The molecule has 1 aliphatic heterocycles. The lowest BCUT2D eigenvalue weighted by Gasteiger charge is -2.24. The van der Waals surface area contributed by atoms with Gasteiger partial charge in [0.15, 0.2) is 0 Å². The highest BCUT2D eigenvalue weighted by molar-refractivity contribution is 7.90. The summed E-state index contributed by atoms with van der Waals surface area (Å²) in [5, 5.41) is -0.185. The summed E-state index contributed by atoms with van der Waals surface area (Å²) in [7, 11) is -3.47. The van der Waals surface area contributed by atoms with Crippen LogP contribution in [0.25, 0.3) is 0 Å². The van der Waals surface area contributed by atoms with E-state index >= 15 is 0 Å². The number of rotatable bonds is 2. The van der Waals surface area contributed by atoms with Gasteiger partial charge < -0.3 is 0 Å². The molecule has 0 aromatic carbocycles. The lowest BCUT2D eigenvalue weighted by molar-refractivity contribution is -0.120. The smallest absolute Gasteiger partial charge is 0.248 e. The van der Waals surface area contributed by atoms with Gasteiger partial charge in [-0.2, -0.15) is 0 Å². The van der Waals surface area contributed by atoms with E-state index in [0.717, 1.165) is 50.3 Å². The average Bonchev–Trinajstić information content (AvgIpc) is 2.99. The number of carbonyl (C=O) groups excluding carboxylic acids is 1. The fraction of sp³-hybridized carbons (Fsp3) is 0.643. The highest BCUT2D eigenvalue weighted by Crippen LogP contribution is 2.57. The molecular formula is C14H17N3O3S. The molecule has 4 rings (SSSR count). The Morgan fingerprint density at radius 2 is 1.95 bits per heavy atom. The van der Waals surface area contributed by atoms with E-state index in [-0.39, 0.29) is 17.1 Å². The zero-order valence-corrected chi connectivity index (χ0v) is 12.7. The van der Waals surface area contributed by atoms with Gasteiger partial charge in [0.1, 0.15) is 5.82 Å². The fourth-order valence-electron chi connectivity index (χ4n) is 3.61. The number of amides is 1. The molecular weight excluding hydrogens is 290 g/mol. The zero-order valence-electron chi connectivity index (χ0n) is 11.9. The molecule has 2 fully saturated rings. The number of fused-ring (bicyclic) bond motifs is 2. The molecule has 1 amide bonds. The van der Waals surface area contributed by atoms with Gasteiger partial charge in [-0.3, -0.25) is 9.69 Å². The van der Waals surface area contributed by atoms with Gasteiger partial charge in [0.2, 0.25) is 20.9 Å². The van der Waals surface area contributed by atoms with Crippen molar-refractivity contribution in [3.8, 4) is 0 Å². The first-order valence-electron chi connectivity index (χ1n) is 7.35. The molecule has 6 nitrogen and oxygen atoms in total. The quantitative estimate of drug-likeness (QED) is 0.767. The second-order valence-electron chi connectivity index (χ2n) is 6.36. The minimum Gasteiger partial charge on any atom is -0.293 e. The average molecular weight is 307 g/mol. The van der Waals surface area contributed by atoms with Crippen LogP contribution in [0, 0.1) is 0 Å². The first-order chi connectivity index (χ1) is 9.93. The predicted molar refractivity (Wildman–Crippen MR) is 75.8 cm³/mol. The molecule has 2 aliphatic carbocycles. The molecule has 0 radical (unpaired) electrons. The molecule has 112 valence electrons. The van der Waals surface area contributed by atoms with Gasteiger partial charge in [-0.1, -0.05) is 12.8 Å². The largest absolute Gasteiger partial charge is 0.293 e. The predicted octanol–water partition coefficient (Wildman–Crippen LogP) is 1.20. The number of anilines is 1. The molecule has 0 bridgehead atoms. The molecule has 2 saturated carbocycles. The maximum atomic E-state index is 12.8. The topological polar surface area (TPSA) is 80.2 Å². The third kappa shape index (κ3) is 1.76. The summed E-state index contributed by atoms with van der Waals surface area (Å²) in [6.07, 6.45) is 8.46. The molecule has 1 aromatic heterocycles. The summed E-state index contributed by atoms with van der Waals surface area (Å²) < 4.78 is 23.4. The van der Waals surface area contributed by atoms with Crippen LogP contribution in [0.5, 0.6) is 0 Å². The maximum absolute atomic E-state index is 12.8.